The third-order valence-corrected chi connectivity index (χ3v) is 4.94. The molecule has 7 nitrogen and oxygen atoms in total. The van der Waals surface area contributed by atoms with Crippen molar-refractivity contribution >= 4 is 40.1 Å². The van der Waals surface area contributed by atoms with Gasteiger partial charge in [0.25, 0.3) is 11.8 Å². The van der Waals surface area contributed by atoms with Crippen molar-refractivity contribution in [2.24, 2.45) is 0 Å². The average molecular weight is 454 g/mol. The van der Waals surface area contributed by atoms with Gasteiger partial charge in [0.2, 0.25) is 5.91 Å². The Balaban J connectivity index is 1.33. The Morgan fingerprint density at radius 2 is 1.66 bits per heavy atom. The van der Waals surface area contributed by atoms with E-state index in [1.54, 1.807) is 30.3 Å². The molecule has 0 spiro atoms. The number of halogens is 1. The molecular weight excluding hydrogens is 430 g/mol. The minimum atomic E-state index is -0.527. The molecule has 0 unspecified atom stereocenters. The average Bonchev–Trinajstić information content (AvgIpc) is 2.79. The Kier molecular flexibility index (Phi) is 8.05. The fourth-order valence-corrected chi connectivity index (χ4v) is 3.26. The lowest BCUT2D eigenvalue weighted by Crippen LogP contribution is -2.46. The highest BCUT2D eigenvalue weighted by Crippen LogP contribution is 2.22. The van der Waals surface area contributed by atoms with Gasteiger partial charge in [0, 0.05) is 17.0 Å². The van der Waals surface area contributed by atoms with E-state index in [4.69, 9.17) is 16.3 Å². The summed E-state index contributed by atoms with van der Waals surface area (Å²) in [6, 6.07) is 18.3. The van der Waals surface area contributed by atoms with Crippen molar-refractivity contribution in [3.8, 4) is 5.75 Å². The van der Waals surface area contributed by atoms with E-state index < -0.39 is 5.91 Å². The molecule has 3 N–H and O–H groups in total. The van der Waals surface area contributed by atoms with Gasteiger partial charge in [-0.1, -0.05) is 41.9 Å². The van der Waals surface area contributed by atoms with E-state index in [2.05, 4.69) is 16.2 Å². The van der Waals surface area contributed by atoms with Gasteiger partial charge in [0.05, 0.1) is 13.2 Å². The maximum atomic E-state index is 12.3. The molecule has 0 bridgehead atoms. The Bertz CT molecular complexity index is 1130. The molecular formula is C24H24ClN3O4. The third-order valence-electron chi connectivity index (χ3n) is 4.71. The minimum absolute atomic E-state index is 0.177. The molecule has 3 rings (SSSR count). The second-order valence-corrected chi connectivity index (χ2v) is 7.64. The first-order chi connectivity index (χ1) is 15.4. The van der Waals surface area contributed by atoms with Crippen LogP contribution in [0.15, 0.2) is 60.7 Å². The lowest BCUT2D eigenvalue weighted by molar-refractivity contribution is -0.128. The Morgan fingerprint density at radius 3 is 2.44 bits per heavy atom. The summed E-state index contributed by atoms with van der Waals surface area (Å²) in [4.78, 5) is 36.0. The Morgan fingerprint density at radius 1 is 0.906 bits per heavy atom. The summed E-state index contributed by atoms with van der Waals surface area (Å²) in [6.07, 6.45) is 0.652. The Hall–Kier alpha value is -3.58. The van der Waals surface area contributed by atoms with Crippen LogP contribution in [0.3, 0.4) is 0 Å². The summed E-state index contributed by atoms with van der Waals surface area (Å²) >= 11 is 5.91. The quantitative estimate of drug-likeness (QED) is 0.359. The first-order valence-electron chi connectivity index (χ1n) is 10.2. The summed E-state index contributed by atoms with van der Waals surface area (Å²) in [5.41, 5.74) is 5.98. The second-order valence-electron chi connectivity index (χ2n) is 7.20. The maximum absolute atomic E-state index is 12.3. The normalized spacial score (nSPS) is 10.4. The number of carbonyl (C=O) groups excluding carboxylic acids is 3. The molecule has 0 heterocycles. The molecule has 166 valence electrons. The summed E-state index contributed by atoms with van der Waals surface area (Å²) < 4.78 is 5.63. The van der Waals surface area contributed by atoms with Crippen LogP contribution in [0.5, 0.6) is 5.75 Å². The molecule has 0 saturated heterocycles. The van der Waals surface area contributed by atoms with E-state index in [0.717, 1.165) is 16.3 Å². The van der Waals surface area contributed by atoms with Crippen molar-refractivity contribution in [3.63, 3.8) is 0 Å². The highest BCUT2D eigenvalue weighted by atomic mass is 35.5. The van der Waals surface area contributed by atoms with E-state index >= 15 is 0 Å². The molecule has 0 aliphatic rings. The molecule has 32 heavy (non-hydrogen) atoms. The van der Waals surface area contributed by atoms with E-state index in [9.17, 15) is 14.4 Å². The highest BCUT2D eigenvalue weighted by molar-refractivity contribution is 6.30. The van der Waals surface area contributed by atoms with Crippen molar-refractivity contribution in [2.45, 2.75) is 19.8 Å². The number of aryl methyl sites for hydroxylation is 1. The lowest BCUT2D eigenvalue weighted by atomic mass is 10.1. The number of hydrogen-bond donors (Lipinski definition) is 3. The van der Waals surface area contributed by atoms with E-state index in [1.165, 1.54) is 0 Å². The smallest absolute Gasteiger partial charge is 0.257 e. The lowest BCUT2D eigenvalue weighted by Gasteiger charge is -2.10. The predicted octanol–water partition coefficient (Wildman–Crippen LogP) is 3.54. The van der Waals surface area contributed by atoms with Crippen LogP contribution in [0, 0.1) is 6.92 Å². The van der Waals surface area contributed by atoms with Gasteiger partial charge < -0.3 is 10.1 Å². The molecule has 0 aliphatic carbocycles. The number of carbonyl (C=O) groups is 3. The van der Waals surface area contributed by atoms with E-state index in [1.807, 2.05) is 37.3 Å². The molecule has 3 aromatic carbocycles. The van der Waals surface area contributed by atoms with Crippen molar-refractivity contribution in [3.05, 3.63) is 76.8 Å². The monoisotopic (exact) mass is 453 g/mol. The Labute approximate surface area is 191 Å². The minimum Gasteiger partial charge on any atom is -0.493 e. The third kappa shape index (κ3) is 6.72. The van der Waals surface area contributed by atoms with Crippen LogP contribution in [0.4, 0.5) is 0 Å². The number of fused-ring (bicyclic) bond motifs is 1. The summed E-state index contributed by atoms with van der Waals surface area (Å²) in [5.74, 6) is -0.534. The van der Waals surface area contributed by atoms with Gasteiger partial charge in [-0.15, -0.1) is 0 Å². The number of nitrogens with one attached hydrogen (secondary N) is 3. The molecule has 0 atom stereocenters. The highest BCUT2D eigenvalue weighted by Gasteiger charge is 2.10. The topological polar surface area (TPSA) is 96.5 Å². The van der Waals surface area contributed by atoms with Crippen LogP contribution < -0.4 is 20.9 Å². The standard InChI is InChI=1S/C24H24ClN3O4/c1-16-13-20(25)10-11-21(16)32-12-4-7-22(29)27-28-23(30)15-26-24(31)19-9-8-17-5-2-3-6-18(17)14-19/h2-3,5-6,8-11,13-14H,4,7,12,15H2,1H3,(H,26,31)(H,27,29)(H,28,30). The molecule has 0 saturated carbocycles. The van der Waals surface area contributed by atoms with Crippen LogP contribution >= 0.6 is 11.6 Å². The SMILES string of the molecule is Cc1cc(Cl)ccc1OCCCC(=O)NNC(=O)CNC(=O)c1ccc2ccccc2c1. The molecule has 3 aromatic rings. The maximum Gasteiger partial charge on any atom is 0.257 e. The number of ether oxygens (including phenoxy) is 1. The summed E-state index contributed by atoms with van der Waals surface area (Å²) in [7, 11) is 0. The van der Waals surface area contributed by atoms with Gasteiger partial charge in [0.15, 0.2) is 0 Å². The number of amides is 3. The molecule has 0 aromatic heterocycles. The van der Waals surface area contributed by atoms with Crippen molar-refractivity contribution in [1.82, 2.24) is 16.2 Å². The zero-order valence-corrected chi connectivity index (χ0v) is 18.4. The first kappa shape index (κ1) is 23.1. The van der Waals surface area contributed by atoms with Crippen molar-refractivity contribution in [2.75, 3.05) is 13.2 Å². The van der Waals surface area contributed by atoms with Gasteiger partial charge >= 0.3 is 0 Å². The molecule has 0 radical (unpaired) electrons. The number of hydrazine groups is 1. The van der Waals surface area contributed by atoms with Crippen LogP contribution in [0.2, 0.25) is 5.02 Å². The zero-order chi connectivity index (χ0) is 22.9. The van der Waals surface area contributed by atoms with Crippen LogP contribution in [-0.4, -0.2) is 30.9 Å². The molecule has 0 aliphatic heterocycles. The van der Waals surface area contributed by atoms with Crippen molar-refractivity contribution < 1.29 is 19.1 Å². The van der Waals surface area contributed by atoms with Crippen molar-refractivity contribution in [1.29, 1.82) is 0 Å². The van der Waals surface area contributed by atoms with Gasteiger partial charge in [0.1, 0.15) is 5.75 Å². The zero-order valence-electron chi connectivity index (χ0n) is 17.6. The fraction of sp³-hybridized carbons (Fsp3) is 0.208. The summed E-state index contributed by atoms with van der Waals surface area (Å²) in [6.45, 7) is 1.98. The van der Waals surface area contributed by atoms with Crippen LogP contribution in [0.1, 0.15) is 28.8 Å². The second kappa shape index (κ2) is 11.2. The number of benzene rings is 3. The van der Waals surface area contributed by atoms with E-state index in [0.29, 0.717) is 29.4 Å². The number of rotatable bonds is 8. The van der Waals surface area contributed by atoms with Gasteiger partial charge in [-0.3, -0.25) is 25.2 Å². The molecule has 3 amide bonds. The van der Waals surface area contributed by atoms with Crippen LogP contribution in [0.25, 0.3) is 10.8 Å². The number of hydrogen-bond acceptors (Lipinski definition) is 4. The predicted molar refractivity (Wildman–Crippen MR) is 123 cm³/mol. The summed E-state index contributed by atoms with van der Waals surface area (Å²) in [5, 5.41) is 5.14. The van der Waals surface area contributed by atoms with Gasteiger partial charge in [-0.2, -0.15) is 0 Å². The van der Waals surface area contributed by atoms with Crippen LogP contribution in [-0.2, 0) is 9.59 Å². The van der Waals surface area contributed by atoms with Gasteiger partial charge in [-0.05, 0) is 60.0 Å². The van der Waals surface area contributed by atoms with Gasteiger partial charge in [-0.25, -0.2) is 0 Å². The largest absolute Gasteiger partial charge is 0.493 e. The molecule has 0 fully saturated rings. The van der Waals surface area contributed by atoms with E-state index in [-0.39, 0.29) is 24.8 Å². The first-order valence-corrected chi connectivity index (χ1v) is 10.5. The fourth-order valence-electron chi connectivity index (χ4n) is 3.03. The molecule has 8 heteroatoms.